The van der Waals surface area contributed by atoms with Crippen molar-refractivity contribution in [3.63, 3.8) is 0 Å². The smallest absolute Gasteiger partial charge is 0.264 e. The molecule has 4 aromatic rings. The molecule has 0 bridgehead atoms. The predicted molar refractivity (Wildman–Crippen MR) is 183 cm³/mol. The van der Waals surface area contributed by atoms with Crippen LogP contribution in [-0.4, -0.2) is 50.4 Å². The topological polar surface area (TPSA) is 96.0 Å². The molecular formula is C35H37Cl2N3O5S. The van der Waals surface area contributed by atoms with Gasteiger partial charge in [-0.25, -0.2) is 8.42 Å². The van der Waals surface area contributed by atoms with Crippen molar-refractivity contribution in [3.8, 4) is 5.75 Å². The van der Waals surface area contributed by atoms with E-state index in [-0.39, 0.29) is 29.6 Å². The van der Waals surface area contributed by atoms with Gasteiger partial charge in [0, 0.05) is 34.6 Å². The third kappa shape index (κ3) is 8.81. The molecule has 0 spiro atoms. The van der Waals surface area contributed by atoms with Crippen LogP contribution >= 0.6 is 23.2 Å². The van der Waals surface area contributed by atoms with Gasteiger partial charge >= 0.3 is 0 Å². The van der Waals surface area contributed by atoms with Crippen LogP contribution in [0.5, 0.6) is 5.75 Å². The lowest BCUT2D eigenvalue weighted by Gasteiger charge is -2.34. The van der Waals surface area contributed by atoms with E-state index in [1.807, 2.05) is 51.1 Å². The van der Waals surface area contributed by atoms with Crippen LogP contribution in [0, 0.1) is 0 Å². The molecule has 0 radical (unpaired) electrons. The van der Waals surface area contributed by atoms with E-state index in [0.717, 1.165) is 9.87 Å². The van der Waals surface area contributed by atoms with Crippen LogP contribution in [0.1, 0.15) is 31.9 Å². The zero-order chi connectivity index (χ0) is 33.3. The first-order valence-electron chi connectivity index (χ1n) is 14.9. The molecule has 11 heteroatoms. The van der Waals surface area contributed by atoms with Gasteiger partial charge in [-0.3, -0.25) is 13.9 Å². The lowest BCUT2D eigenvalue weighted by molar-refractivity contribution is -0.140. The summed E-state index contributed by atoms with van der Waals surface area (Å²) in [5.74, 6) is -0.489. The first-order valence-corrected chi connectivity index (χ1v) is 17.1. The molecule has 0 fully saturated rings. The molecule has 4 aromatic carbocycles. The molecular weight excluding hydrogens is 645 g/mol. The van der Waals surface area contributed by atoms with Crippen LogP contribution in [0.25, 0.3) is 0 Å². The Morgan fingerprint density at radius 3 is 1.98 bits per heavy atom. The largest absolute Gasteiger partial charge is 0.494 e. The molecule has 0 saturated heterocycles. The highest BCUT2D eigenvalue weighted by Gasteiger charge is 2.35. The third-order valence-electron chi connectivity index (χ3n) is 7.14. The van der Waals surface area contributed by atoms with Gasteiger partial charge in [-0.1, -0.05) is 77.8 Å². The van der Waals surface area contributed by atoms with Gasteiger partial charge in [0.15, 0.2) is 0 Å². The van der Waals surface area contributed by atoms with Gasteiger partial charge in [-0.2, -0.15) is 0 Å². The molecule has 0 aliphatic heterocycles. The average Bonchev–Trinajstić information content (AvgIpc) is 3.03. The van der Waals surface area contributed by atoms with Crippen LogP contribution in [0.15, 0.2) is 108 Å². The molecule has 0 heterocycles. The summed E-state index contributed by atoms with van der Waals surface area (Å²) in [4.78, 5) is 29.7. The summed E-state index contributed by atoms with van der Waals surface area (Å²) in [6.07, 6.45) is 0.171. The van der Waals surface area contributed by atoms with Gasteiger partial charge in [0.05, 0.1) is 17.2 Å². The monoisotopic (exact) mass is 681 g/mol. The fraction of sp³-hybridized carbons (Fsp3) is 0.257. The van der Waals surface area contributed by atoms with Gasteiger partial charge in [0.2, 0.25) is 11.8 Å². The second kappa shape index (κ2) is 16.0. The quantitative estimate of drug-likeness (QED) is 0.159. The summed E-state index contributed by atoms with van der Waals surface area (Å²) < 4.78 is 34.9. The van der Waals surface area contributed by atoms with Crippen LogP contribution in [-0.2, 0) is 32.6 Å². The van der Waals surface area contributed by atoms with Crippen molar-refractivity contribution in [1.82, 2.24) is 10.2 Å². The van der Waals surface area contributed by atoms with E-state index in [9.17, 15) is 18.0 Å². The Labute approximate surface area is 280 Å². The second-order valence-electron chi connectivity index (χ2n) is 10.8. The van der Waals surface area contributed by atoms with Crippen molar-refractivity contribution in [2.45, 2.75) is 50.7 Å². The molecule has 8 nitrogen and oxygen atoms in total. The summed E-state index contributed by atoms with van der Waals surface area (Å²) in [5, 5.41) is 3.56. The fourth-order valence-corrected chi connectivity index (χ4v) is 6.84. The molecule has 1 atom stereocenters. The third-order valence-corrected chi connectivity index (χ3v) is 9.63. The number of anilines is 1. The summed E-state index contributed by atoms with van der Waals surface area (Å²) in [7, 11) is -4.25. The first-order chi connectivity index (χ1) is 22.0. The minimum Gasteiger partial charge on any atom is -0.494 e. The summed E-state index contributed by atoms with van der Waals surface area (Å²) >= 11 is 13.1. The Hall–Kier alpha value is -4.05. The maximum absolute atomic E-state index is 14.5. The highest BCUT2D eigenvalue weighted by atomic mass is 35.5. The Morgan fingerprint density at radius 1 is 0.826 bits per heavy atom. The molecule has 0 aliphatic rings. The fourth-order valence-electron chi connectivity index (χ4n) is 4.91. The zero-order valence-corrected chi connectivity index (χ0v) is 28.2. The van der Waals surface area contributed by atoms with E-state index in [2.05, 4.69) is 5.32 Å². The van der Waals surface area contributed by atoms with Crippen molar-refractivity contribution >= 4 is 50.7 Å². The lowest BCUT2D eigenvalue weighted by atomic mass is 10.0. The number of nitrogens with one attached hydrogen (secondary N) is 1. The van der Waals surface area contributed by atoms with Crippen LogP contribution in [0.4, 0.5) is 5.69 Å². The molecule has 242 valence electrons. The van der Waals surface area contributed by atoms with Crippen molar-refractivity contribution in [2.75, 3.05) is 17.5 Å². The highest BCUT2D eigenvalue weighted by Crippen LogP contribution is 2.29. The number of ether oxygens (including phenoxy) is 1. The average molecular weight is 683 g/mol. The second-order valence-corrected chi connectivity index (χ2v) is 13.5. The Bertz CT molecular complexity index is 1700. The number of halogens is 2. The van der Waals surface area contributed by atoms with E-state index in [4.69, 9.17) is 27.9 Å². The Kier molecular flexibility index (Phi) is 12.1. The molecule has 0 saturated carbocycles. The number of amides is 2. The van der Waals surface area contributed by atoms with Gasteiger partial charge in [0.25, 0.3) is 10.0 Å². The molecule has 4 rings (SSSR count). The summed E-state index contributed by atoms with van der Waals surface area (Å²) in [6.45, 7) is 5.19. The molecule has 1 unspecified atom stereocenters. The van der Waals surface area contributed by atoms with Crippen molar-refractivity contribution in [2.24, 2.45) is 0 Å². The number of nitrogens with zero attached hydrogens (tertiary/aromatic N) is 2. The van der Waals surface area contributed by atoms with Crippen molar-refractivity contribution in [3.05, 3.63) is 124 Å². The summed E-state index contributed by atoms with van der Waals surface area (Å²) in [6, 6.07) is 27.4. The van der Waals surface area contributed by atoms with Crippen LogP contribution in [0.2, 0.25) is 10.0 Å². The SMILES string of the molecule is CCOc1ccc(S(=O)(=O)N(CC(=O)N(Cc2c(Cl)cccc2Cl)C(Cc2ccccc2)C(=O)NC(C)C)c2ccccc2)cc1. The number of benzene rings is 4. The summed E-state index contributed by atoms with van der Waals surface area (Å²) in [5.41, 5.74) is 1.54. The highest BCUT2D eigenvalue weighted by molar-refractivity contribution is 7.92. The van der Waals surface area contributed by atoms with E-state index in [1.54, 1.807) is 60.7 Å². The van der Waals surface area contributed by atoms with Crippen molar-refractivity contribution < 1.29 is 22.7 Å². The van der Waals surface area contributed by atoms with Gasteiger partial charge in [0.1, 0.15) is 18.3 Å². The Balaban J connectivity index is 1.81. The number of para-hydroxylation sites is 1. The minimum absolute atomic E-state index is 0.0216. The van der Waals surface area contributed by atoms with Crippen LogP contribution < -0.4 is 14.4 Å². The van der Waals surface area contributed by atoms with E-state index in [0.29, 0.717) is 28.0 Å². The Morgan fingerprint density at radius 2 is 1.41 bits per heavy atom. The van der Waals surface area contributed by atoms with Gasteiger partial charge < -0.3 is 15.0 Å². The maximum atomic E-state index is 14.5. The molecule has 0 aliphatic carbocycles. The number of carbonyl (C=O) groups excluding carboxylic acids is 2. The van der Waals surface area contributed by atoms with Gasteiger partial charge in [-0.05, 0) is 74.9 Å². The molecule has 2 amide bonds. The van der Waals surface area contributed by atoms with Crippen LogP contribution in [0.3, 0.4) is 0 Å². The lowest BCUT2D eigenvalue weighted by Crippen LogP contribution is -2.54. The van der Waals surface area contributed by atoms with E-state index in [1.165, 1.54) is 17.0 Å². The molecule has 46 heavy (non-hydrogen) atoms. The molecule has 1 N–H and O–H groups in total. The number of hydrogen-bond donors (Lipinski definition) is 1. The predicted octanol–water partition coefficient (Wildman–Crippen LogP) is 6.75. The zero-order valence-electron chi connectivity index (χ0n) is 25.9. The maximum Gasteiger partial charge on any atom is 0.264 e. The minimum atomic E-state index is -4.25. The normalized spacial score (nSPS) is 12.0. The number of carbonyl (C=O) groups is 2. The standard InChI is InChI=1S/C35H37Cl2N3O5S/c1-4-45-28-18-20-29(21-19-28)46(43,44)40(27-14-9-6-10-15-27)24-34(41)39(23-30-31(36)16-11-17-32(30)37)33(35(42)38-25(2)3)22-26-12-7-5-8-13-26/h5-21,25,33H,4,22-24H2,1-3H3,(H,38,42). The van der Waals surface area contributed by atoms with Gasteiger partial charge in [-0.15, -0.1) is 0 Å². The molecule has 0 aromatic heterocycles. The van der Waals surface area contributed by atoms with E-state index >= 15 is 0 Å². The van der Waals surface area contributed by atoms with E-state index < -0.39 is 34.4 Å². The van der Waals surface area contributed by atoms with Crippen molar-refractivity contribution in [1.29, 1.82) is 0 Å². The first kappa shape index (κ1) is 34.8. The number of sulfonamides is 1. The number of hydrogen-bond acceptors (Lipinski definition) is 5. The number of rotatable bonds is 14.